The van der Waals surface area contributed by atoms with Gasteiger partial charge in [-0.2, -0.15) is 0 Å². The largest absolute Gasteiger partial charge is 0.579 e. The van der Waals surface area contributed by atoms with Gasteiger partial charge in [-0.15, -0.1) is 0 Å². The zero-order chi connectivity index (χ0) is 31.2. The number of quaternary nitrogens is 1. The van der Waals surface area contributed by atoms with Gasteiger partial charge in [-0.3, -0.25) is 0 Å². The molecule has 2 atom stereocenters. The van der Waals surface area contributed by atoms with Crippen molar-refractivity contribution in [2.24, 2.45) is 4.99 Å². The van der Waals surface area contributed by atoms with Gasteiger partial charge in [-0.1, -0.05) is 151 Å². The van der Waals surface area contributed by atoms with Crippen LogP contribution in [0.2, 0.25) is 0 Å². The van der Waals surface area contributed by atoms with Crippen LogP contribution in [0.25, 0.3) is 49.5 Å². The number of nitrogens with zero attached hydrogens (tertiary/aromatic N) is 2. The summed E-state index contributed by atoms with van der Waals surface area (Å²) in [5, 5.41) is 10.0. The van der Waals surface area contributed by atoms with Gasteiger partial charge < -0.3 is 10.6 Å². The molecule has 0 spiro atoms. The number of benzene rings is 7. The molecule has 2 heterocycles. The minimum absolute atomic E-state index is 0.147. The van der Waals surface area contributed by atoms with Crippen LogP contribution < -0.4 is 5.32 Å². The van der Waals surface area contributed by atoms with Crippen LogP contribution in [0.15, 0.2) is 179 Å². The van der Waals surface area contributed by atoms with E-state index in [9.17, 15) is 0 Å². The molecule has 2 aliphatic heterocycles. The van der Waals surface area contributed by atoms with Gasteiger partial charge in [-0.05, 0) is 85.7 Å². The summed E-state index contributed by atoms with van der Waals surface area (Å²) in [4.78, 5) is 7.89. The van der Waals surface area contributed by atoms with Crippen LogP contribution in [0.1, 0.15) is 29.0 Å². The molecular weight excluding hydrogens is 591 g/mol. The SMILES string of the molecule is c1ccc(-c2cccc(C3[N-]C(c4ccccc4)N=C(c4ccc5c6c(cccc46)-c4ccccc4Sc4ccccc4-5)[NH2+]3)c2)cc1. The molecule has 9 rings (SSSR count). The molecule has 7 aromatic carbocycles. The smallest absolute Gasteiger partial charge is 0.225 e. The van der Waals surface area contributed by atoms with Crippen molar-refractivity contribution >= 4 is 28.4 Å². The highest BCUT2D eigenvalue weighted by molar-refractivity contribution is 7.99. The number of fused-ring (bicyclic) bond motifs is 4. The predicted molar refractivity (Wildman–Crippen MR) is 195 cm³/mol. The van der Waals surface area contributed by atoms with Gasteiger partial charge in [-0.25, -0.2) is 4.99 Å². The summed E-state index contributed by atoms with van der Waals surface area (Å²) in [5.41, 5.74) is 10.8. The van der Waals surface area contributed by atoms with Crippen molar-refractivity contribution in [2.75, 3.05) is 0 Å². The van der Waals surface area contributed by atoms with E-state index in [1.165, 1.54) is 53.9 Å². The number of amidine groups is 1. The maximum atomic E-state index is 5.35. The van der Waals surface area contributed by atoms with E-state index in [0.29, 0.717) is 0 Å². The van der Waals surface area contributed by atoms with Crippen LogP contribution in [0.5, 0.6) is 0 Å². The monoisotopic (exact) mass is 621 g/mol. The second-order valence-corrected chi connectivity index (χ2v) is 13.1. The summed E-state index contributed by atoms with van der Waals surface area (Å²) in [5.74, 6) is 0.977. The Hall–Kier alpha value is -5.26. The molecule has 224 valence electrons. The average Bonchev–Trinajstić information content (AvgIpc) is 3.15. The van der Waals surface area contributed by atoms with Crippen molar-refractivity contribution in [1.82, 2.24) is 0 Å². The van der Waals surface area contributed by atoms with E-state index < -0.39 is 0 Å². The van der Waals surface area contributed by atoms with Crippen molar-refractivity contribution in [2.45, 2.75) is 22.1 Å². The summed E-state index contributed by atoms with van der Waals surface area (Å²) in [6, 6.07) is 58.7. The third-order valence-electron chi connectivity index (χ3n) is 9.20. The van der Waals surface area contributed by atoms with Gasteiger partial charge in [0.2, 0.25) is 5.84 Å². The lowest BCUT2D eigenvalue weighted by Crippen LogP contribution is -2.90. The molecule has 2 unspecified atom stereocenters. The molecule has 2 N–H and O–H groups in total. The first-order chi connectivity index (χ1) is 23.3. The second-order valence-electron chi connectivity index (χ2n) is 12.0. The maximum Gasteiger partial charge on any atom is 0.225 e. The van der Waals surface area contributed by atoms with E-state index in [0.717, 1.165) is 22.5 Å². The van der Waals surface area contributed by atoms with Gasteiger partial charge in [0.1, 0.15) is 0 Å². The lowest BCUT2D eigenvalue weighted by Gasteiger charge is -2.40. The van der Waals surface area contributed by atoms with Crippen LogP contribution in [0.4, 0.5) is 0 Å². The zero-order valence-electron chi connectivity index (χ0n) is 25.6. The molecule has 0 radical (unpaired) electrons. The van der Waals surface area contributed by atoms with Gasteiger partial charge in [0.05, 0.1) is 5.56 Å². The van der Waals surface area contributed by atoms with Gasteiger partial charge in [0.15, 0.2) is 0 Å². The Labute approximate surface area is 279 Å². The fourth-order valence-corrected chi connectivity index (χ4v) is 8.07. The molecular formula is C43H31N3S. The second kappa shape index (κ2) is 11.8. The van der Waals surface area contributed by atoms with Gasteiger partial charge in [0.25, 0.3) is 0 Å². The summed E-state index contributed by atoms with van der Waals surface area (Å²) >= 11 is 1.85. The molecule has 0 saturated carbocycles. The van der Waals surface area contributed by atoms with Crippen molar-refractivity contribution < 1.29 is 5.32 Å². The summed E-state index contributed by atoms with van der Waals surface area (Å²) < 4.78 is 0. The van der Waals surface area contributed by atoms with E-state index in [1.54, 1.807) is 0 Å². The molecule has 47 heavy (non-hydrogen) atoms. The molecule has 0 fully saturated rings. The number of hydrogen-bond acceptors (Lipinski definition) is 2. The van der Waals surface area contributed by atoms with Crippen molar-refractivity contribution in [1.29, 1.82) is 0 Å². The summed E-state index contributed by atoms with van der Waals surface area (Å²) in [6.45, 7) is 0. The molecule has 0 aromatic heterocycles. The van der Waals surface area contributed by atoms with Crippen molar-refractivity contribution in [3.05, 3.63) is 186 Å². The number of hydrogen-bond donors (Lipinski definition) is 1. The van der Waals surface area contributed by atoms with Crippen molar-refractivity contribution in [3.63, 3.8) is 0 Å². The molecule has 0 aliphatic carbocycles. The molecule has 2 aliphatic rings. The molecule has 7 aromatic rings. The summed E-state index contributed by atoms with van der Waals surface area (Å²) in [6.07, 6.45) is -0.456. The highest BCUT2D eigenvalue weighted by Gasteiger charge is 2.26. The van der Waals surface area contributed by atoms with E-state index in [-0.39, 0.29) is 12.3 Å². The van der Waals surface area contributed by atoms with Crippen LogP contribution in [-0.4, -0.2) is 5.84 Å². The molecule has 4 heteroatoms. The lowest BCUT2D eigenvalue weighted by atomic mass is 9.88. The quantitative estimate of drug-likeness (QED) is 0.209. The number of nitrogens with two attached hydrogens (primary N) is 1. The highest BCUT2D eigenvalue weighted by Crippen LogP contribution is 2.48. The Morgan fingerprint density at radius 2 is 1.06 bits per heavy atom. The first kappa shape index (κ1) is 28.0. The Kier molecular flexibility index (Phi) is 7.05. The fourth-order valence-electron chi connectivity index (χ4n) is 6.97. The average molecular weight is 622 g/mol. The van der Waals surface area contributed by atoms with E-state index >= 15 is 0 Å². The zero-order valence-corrected chi connectivity index (χ0v) is 26.4. The first-order valence-corrected chi connectivity index (χ1v) is 16.9. The first-order valence-electron chi connectivity index (χ1n) is 16.1. The van der Waals surface area contributed by atoms with Gasteiger partial charge >= 0.3 is 0 Å². The summed E-state index contributed by atoms with van der Waals surface area (Å²) in [7, 11) is 0. The van der Waals surface area contributed by atoms with Gasteiger partial charge in [0, 0.05) is 16.0 Å². The lowest BCUT2D eigenvalue weighted by molar-refractivity contribution is -0.581. The van der Waals surface area contributed by atoms with Crippen LogP contribution in [-0.2, 0) is 0 Å². The van der Waals surface area contributed by atoms with E-state index in [4.69, 9.17) is 10.3 Å². The Balaban J connectivity index is 1.23. The topological polar surface area (TPSA) is 43.1 Å². The Morgan fingerprint density at radius 3 is 1.83 bits per heavy atom. The standard InChI is InChI=1S/C43H30N3S/c1-3-13-28(14-4-1)30-17-11-18-31(27-30)42-44-41(29-15-5-2-6-16-29)45-43(46-42)37-26-25-36-33-20-8-10-24-39(33)47-38-23-9-7-19-32(38)34-21-12-22-35(37)40(34)36/h1-27,41-42H,(H,45,46)/q-1/p+1. The minimum Gasteiger partial charge on any atom is -0.579 e. The van der Waals surface area contributed by atoms with Crippen molar-refractivity contribution in [3.8, 4) is 33.4 Å². The highest BCUT2D eigenvalue weighted by atomic mass is 32.2. The Bertz CT molecular complexity index is 2240. The maximum absolute atomic E-state index is 5.35. The molecule has 0 amide bonds. The number of aliphatic imine (C=N–C) groups is 1. The normalized spacial score (nSPS) is 16.8. The van der Waals surface area contributed by atoms with Crippen LogP contribution in [0.3, 0.4) is 0 Å². The molecule has 0 bridgehead atoms. The number of rotatable bonds is 4. The fraction of sp³-hybridized carbons (Fsp3) is 0.0465. The van der Waals surface area contributed by atoms with E-state index in [2.05, 4.69) is 169 Å². The molecule has 3 nitrogen and oxygen atoms in total. The van der Waals surface area contributed by atoms with Crippen LogP contribution >= 0.6 is 11.8 Å². The molecule has 0 saturated heterocycles. The Morgan fingerprint density at radius 1 is 0.489 bits per heavy atom. The third kappa shape index (κ3) is 5.08. The van der Waals surface area contributed by atoms with E-state index in [1.807, 2.05) is 11.8 Å². The third-order valence-corrected chi connectivity index (χ3v) is 10.4. The minimum atomic E-state index is -0.309. The predicted octanol–water partition coefficient (Wildman–Crippen LogP) is 10.4. The van der Waals surface area contributed by atoms with Crippen LogP contribution in [0, 0.1) is 0 Å².